The fourth-order valence-corrected chi connectivity index (χ4v) is 6.46. The topological polar surface area (TPSA) is 86.8 Å². The summed E-state index contributed by atoms with van der Waals surface area (Å²) in [6.45, 7) is 5.18. The van der Waals surface area contributed by atoms with Crippen molar-refractivity contribution < 1.29 is 18.0 Å². The van der Waals surface area contributed by atoms with Crippen LogP contribution in [-0.4, -0.2) is 44.8 Å². The Kier molecular flexibility index (Phi) is 10.3. The zero-order valence-corrected chi connectivity index (χ0v) is 26.3. The highest BCUT2D eigenvalue weighted by atomic mass is 35.5. The summed E-state index contributed by atoms with van der Waals surface area (Å²) < 4.78 is 29.5. The Morgan fingerprint density at radius 2 is 1.47 bits per heavy atom. The fourth-order valence-electron chi connectivity index (χ4n) is 4.86. The van der Waals surface area contributed by atoms with Gasteiger partial charge in [0.25, 0.3) is 10.0 Å². The van der Waals surface area contributed by atoms with Gasteiger partial charge in [0.2, 0.25) is 11.8 Å². The van der Waals surface area contributed by atoms with Gasteiger partial charge in [0.15, 0.2) is 0 Å². The number of carbonyl (C=O) groups is 2. The van der Waals surface area contributed by atoms with E-state index in [4.69, 9.17) is 11.6 Å². The third kappa shape index (κ3) is 7.63. The number of amides is 2. The average molecular weight is 618 g/mol. The Labute approximate surface area is 259 Å². The number of nitrogens with one attached hydrogen (secondary N) is 1. The van der Waals surface area contributed by atoms with Crippen LogP contribution in [0.2, 0.25) is 5.02 Å². The molecule has 0 aromatic heterocycles. The van der Waals surface area contributed by atoms with E-state index in [2.05, 4.69) is 5.32 Å². The molecule has 0 fully saturated rings. The molecule has 224 valence electrons. The van der Waals surface area contributed by atoms with E-state index in [1.807, 2.05) is 57.2 Å². The second kappa shape index (κ2) is 13.9. The van der Waals surface area contributed by atoms with Gasteiger partial charge < -0.3 is 10.2 Å². The smallest absolute Gasteiger partial charge is 0.264 e. The second-order valence-corrected chi connectivity index (χ2v) is 12.8. The van der Waals surface area contributed by atoms with Crippen molar-refractivity contribution in [1.29, 1.82) is 0 Å². The number of benzene rings is 4. The number of halogens is 1. The molecular formula is C34H36ClN3O4S. The molecule has 43 heavy (non-hydrogen) atoms. The maximum absolute atomic E-state index is 14.4. The lowest BCUT2D eigenvalue weighted by Crippen LogP contribution is -2.53. The Morgan fingerprint density at radius 3 is 2.09 bits per heavy atom. The molecule has 0 saturated carbocycles. The van der Waals surface area contributed by atoms with Crippen molar-refractivity contribution in [2.45, 2.75) is 44.7 Å². The van der Waals surface area contributed by atoms with Crippen LogP contribution in [-0.2, 0) is 32.6 Å². The molecule has 2 amide bonds. The average Bonchev–Trinajstić information content (AvgIpc) is 3.00. The van der Waals surface area contributed by atoms with E-state index < -0.39 is 28.5 Å². The zero-order chi connectivity index (χ0) is 31.1. The van der Waals surface area contributed by atoms with Gasteiger partial charge in [-0.3, -0.25) is 13.9 Å². The third-order valence-corrected chi connectivity index (χ3v) is 9.54. The lowest BCUT2D eigenvalue weighted by Gasteiger charge is -2.34. The van der Waals surface area contributed by atoms with Crippen molar-refractivity contribution in [3.05, 3.63) is 130 Å². The first kappa shape index (κ1) is 31.8. The molecule has 1 atom stereocenters. The van der Waals surface area contributed by atoms with Crippen molar-refractivity contribution in [2.24, 2.45) is 0 Å². The summed E-state index contributed by atoms with van der Waals surface area (Å²) >= 11 is 6.12. The molecule has 0 spiro atoms. The Hall–Kier alpha value is -4.14. The van der Waals surface area contributed by atoms with Crippen LogP contribution in [0.1, 0.15) is 27.8 Å². The summed E-state index contributed by atoms with van der Waals surface area (Å²) in [7, 11) is -2.64. The number of sulfonamides is 1. The van der Waals surface area contributed by atoms with Crippen LogP contribution < -0.4 is 9.62 Å². The lowest BCUT2D eigenvalue weighted by atomic mass is 10.0. The predicted molar refractivity (Wildman–Crippen MR) is 172 cm³/mol. The van der Waals surface area contributed by atoms with Crippen molar-refractivity contribution in [1.82, 2.24) is 10.2 Å². The first-order valence-electron chi connectivity index (χ1n) is 14.0. The summed E-state index contributed by atoms with van der Waals surface area (Å²) in [4.78, 5) is 29.3. The molecule has 0 aliphatic rings. The minimum Gasteiger partial charge on any atom is -0.357 e. The number of likely N-dealkylation sites (N-methyl/N-ethyl adjacent to an activating group) is 1. The van der Waals surface area contributed by atoms with Gasteiger partial charge in [-0.15, -0.1) is 0 Å². The molecule has 4 aromatic carbocycles. The van der Waals surface area contributed by atoms with E-state index in [1.54, 1.807) is 60.7 Å². The van der Waals surface area contributed by atoms with Crippen molar-refractivity contribution in [2.75, 3.05) is 17.9 Å². The highest BCUT2D eigenvalue weighted by molar-refractivity contribution is 7.92. The van der Waals surface area contributed by atoms with E-state index in [1.165, 1.54) is 11.9 Å². The first-order valence-corrected chi connectivity index (χ1v) is 15.8. The molecular weight excluding hydrogens is 582 g/mol. The number of nitrogens with zero attached hydrogens (tertiary/aromatic N) is 2. The molecule has 4 rings (SSSR count). The van der Waals surface area contributed by atoms with E-state index in [0.717, 1.165) is 32.1 Å². The largest absolute Gasteiger partial charge is 0.357 e. The predicted octanol–water partition coefficient (Wildman–Crippen LogP) is 5.85. The Bertz CT molecular complexity index is 1680. The zero-order valence-electron chi connectivity index (χ0n) is 24.7. The maximum Gasteiger partial charge on any atom is 0.264 e. The fraction of sp³-hybridized carbons (Fsp3) is 0.235. The number of anilines is 1. The van der Waals surface area contributed by atoms with Gasteiger partial charge in [0, 0.05) is 25.0 Å². The third-order valence-electron chi connectivity index (χ3n) is 7.52. The standard InChI is InChI=1S/C34H36ClN3O4S/c1-24-13-19-30(20-14-24)43(41,42)38(31-12-8-9-25(2)26(31)3)23-33(39)37(22-28-15-17-29(35)18-16-28)32(34(40)36-4)21-27-10-6-5-7-11-27/h5-20,32H,21-23H2,1-4H3,(H,36,40)/t32-/m0/s1. The van der Waals surface area contributed by atoms with Crippen molar-refractivity contribution in [3.8, 4) is 0 Å². The van der Waals surface area contributed by atoms with Gasteiger partial charge in [-0.1, -0.05) is 83.9 Å². The Balaban J connectivity index is 1.81. The summed E-state index contributed by atoms with van der Waals surface area (Å²) in [5.74, 6) is -0.873. The lowest BCUT2D eigenvalue weighted by molar-refractivity contribution is -0.139. The minimum absolute atomic E-state index is 0.0724. The van der Waals surface area contributed by atoms with Crippen molar-refractivity contribution >= 4 is 39.1 Å². The molecule has 4 aromatic rings. The molecule has 0 bridgehead atoms. The first-order chi connectivity index (χ1) is 20.5. The van der Waals surface area contributed by atoms with Crippen LogP contribution in [0.15, 0.2) is 102 Å². The van der Waals surface area contributed by atoms with Gasteiger partial charge in [-0.2, -0.15) is 0 Å². The monoisotopic (exact) mass is 617 g/mol. The number of hydrogen-bond acceptors (Lipinski definition) is 4. The van der Waals surface area contributed by atoms with E-state index in [0.29, 0.717) is 10.7 Å². The molecule has 0 unspecified atom stereocenters. The number of carbonyl (C=O) groups excluding carboxylic acids is 2. The summed E-state index contributed by atoms with van der Waals surface area (Å²) in [5, 5.41) is 3.23. The maximum atomic E-state index is 14.4. The van der Waals surface area contributed by atoms with Crippen LogP contribution in [0.5, 0.6) is 0 Å². The normalized spacial score (nSPS) is 11.9. The molecule has 0 radical (unpaired) electrons. The molecule has 9 heteroatoms. The molecule has 7 nitrogen and oxygen atoms in total. The molecule has 1 N–H and O–H groups in total. The quantitative estimate of drug-likeness (QED) is 0.229. The number of aryl methyl sites for hydroxylation is 2. The summed E-state index contributed by atoms with van der Waals surface area (Å²) in [6.07, 6.45) is 0.244. The Morgan fingerprint density at radius 1 is 0.814 bits per heavy atom. The summed E-state index contributed by atoms with van der Waals surface area (Å²) in [5.41, 5.74) is 4.56. The van der Waals surface area contributed by atoms with Gasteiger partial charge in [0.05, 0.1) is 10.6 Å². The van der Waals surface area contributed by atoms with Gasteiger partial charge >= 0.3 is 0 Å². The molecule has 0 saturated heterocycles. The van der Waals surface area contributed by atoms with E-state index >= 15 is 0 Å². The molecule has 0 heterocycles. The van der Waals surface area contributed by atoms with E-state index in [9.17, 15) is 18.0 Å². The van der Waals surface area contributed by atoms with Crippen LogP contribution in [0.3, 0.4) is 0 Å². The van der Waals surface area contributed by atoms with Crippen LogP contribution in [0, 0.1) is 20.8 Å². The van der Waals surface area contributed by atoms with Crippen molar-refractivity contribution in [3.63, 3.8) is 0 Å². The van der Waals surface area contributed by atoms with Gasteiger partial charge in [-0.05, 0) is 73.4 Å². The van der Waals surface area contributed by atoms with Crippen LogP contribution >= 0.6 is 11.6 Å². The highest BCUT2D eigenvalue weighted by Crippen LogP contribution is 2.29. The highest BCUT2D eigenvalue weighted by Gasteiger charge is 2.34. The number of hydrogen-bond donors (Lipinski definition) is 1. The SMILES string of the molecule is CNC(=O)[C@H](Cc1ccccc1)N(Cc1ccc(Cl)cc1)C(=O)CN(c1cccc(C)c1C)S(=O)(=O)c1ccc(C)cc1. The van der Waals surface area contributed by atoms with Crippen LogP contribution in [0.4, 0.5) is 5.69 Å². The van der Waals surface area contributed by atoms with Gasteiger partial charge in [-0.25, -0.2) is 8.42 Å². The van der Waals surface area contributed by atoms with Gasteiger partial charge in [0.1, 0.15) is 12.6 Å². The van der Waals surface area contributed by atoms with Crippen LogP contribution in [0.25, 0.3) is 0 Å². The summed E-state index contributed by atoms with van der Waals surface area (Å²) in [6, 6.07) is 27.4. The second-order valence-electron chi connectivity index (χ2n) is 10.5. The molecule has 0 aliphatic heterocycles. The molecule has 0 aliphatic carbocycles. The van der Waals surface area contributed by atoms with E-state index in [-0.39, 0.29) is 23.8 Å². The minimum atomic E-state index is -4.16. The number of rotatable bonds is 11.